The highest BCUT2D eigenvalue weighted by molar-refractivity contribution is 4.91. The van der Waals surface area contributed by atoms with Crippen molar-refractivity contribution in [2.75, 3.05) is 0 Å². The minimum atomic E-state index is -5.29. The highest BCUT2D eigenvalue weighted by Crippen LogP contribution is 2.43. The van der Waals surface area contributed by atoms with Crippen LogP contribution in [0, 0.1) is 5.41 Å². The number of aliphatic hydroxyl groups is 1. The fourth-order valence-corrected chi connectivity index (χ4v) is 0.616. The van der Waals surface area contributed by atoms with Crippen molar-refractivity contribution in [3.63, 3.8) is 0 Å². The van der Waals surface area contributed by atoms with E-state index in [1.807, 2.05) is 0 Å². The van der Waals surface area contributed by atoms with Gasteiger partial charge in [-0.3, -0.25) is 0 Å². The van der Waals surface area contributed by atoms with E-state index in [-0.39, 0.29) is 0 Å². The molecule has 0 saturated heterocycles. The summed E-state index contributed by atoms with van der Waals surface area (Å²) in [6.45, 7) is 2.80. The zero-order valence-electron chi connectivity index (χ0n) is 7.41. The van der Waals surface area contributed by atoms with Gasteiger partial charge in [0.1, 0.15) is 0 Å². The molecule has 0 aromatic carbocycles. The summed E-state index contributed by atoms with van der Waals surface area (Å²) in [7, 11) is 0. The largest absolute Gasteiger partial charge is 0.420 e. The Bertz CT molecular complexity index is 178. The van der Waals surface area contributed by atoms with E-state index in [1.165, 1.54) is 0 Å². The number of rotatable bonds is 1. The van der Waals surface area contributed by atoms with Crippen LogP contribution < -0.4 is 0 Å². The molecule has 6 heteroatoms. The average molecular weight is 206 g/mol. The lowest BCUT2D eigenvalue weighted by atomic mass is 9.84. The van der Waals surface area contributed by atoms with Crippen LogP contribution in [0.1, 0.15) is 20.8 Å². The Morgan fingerprint density at radius 3 is 1.31 bits per heavy atom. The molecule has 0 aromatic rings. The molecule has 0 heterocycles. The topological polar surface area (TPSA) is 20.2 Å². The van der Waals surface area contributed by atoms with Gasteiger partial charge in [-0.05, 0) is 0 Å². The molecule has 0 aliphatic rings. The summed E-state index contributed by atoms with van der Waals surface area (Å²) in [6, 6.07) is 0. The van der Waals surface area contributed by atoms with Gasteiger partial charge in [0.15, 0.2) is 0 Å². The van der Waals surface area contributed by atoms with Crippen molar-refractivity contribution in [2.45, 2.75) is 39.0 Å². The second-order valence-electron chi connectivity index (χ2n) is 3.82. The highest BCUT2D eigenvalue weighted by atomic mass is 19.4. The lowest BCUT2D eigenvalue weighted by Crippen LogP contribution is -2.52. The molecule has 0 amide bonds. The van der Waals surface area contributed by atoms with Crippen molar-refractivity contribution < 1.29 is 27.1 Å². The van der Waals surface area contributed by atoms with Gasteiger partial charge in [0, 0.05) is 5.41 Å². The van der Waals surface area contributed by atoms with Crippen LogP contribution in [0.2, 0.25) is 0 Å². The first-order valence-electron chi connectivity index (χ1n) is 3.53. The van der Waals surface area contributed by atoms with E-state index >= 15 is 0 Å². The van der Waals surface area contributed by atoms with Gasteiger partial charge in [-0.1, -0.05) is 20.8 Å². The Labute approximate surface area is 72.6 Å². The van der Waals surface area contributed by atoms with Crippen LogP contribution in [0.3, 0.4) is 0 Å². The standard InChI is InChI=1S/C7H11F5O/c1-5(2,3)6(8,9)4(13)7(10,11)12/h4,13H,1-3H3. The van der Waals surface area contributed by atoms with Crippen LogP contribution >= 0.6 is 0 Å². The predicted octanol–water partition coefficient (Wildman–Crippen LogP) is 2.59. The number of alkyl halides is 5. The molecule has 0 bridgehead atoms. The third-order valence-corrected chi connectivity index (χ3v) is 1.65. The van der Waals surface area contributed by atoms with E-state index in [4.69, 9.17) is 5.11 Å². The molecule has 0 rings (SSSR count). The molecule has 80 valence electrons. The van der Waals surface area contributed by atoms with Crippen LogP contribution in [0.5, 0.6) is 0 Å². The highest BCUT2D eigenvalue weighted by Gasteiger charge is 2.60. The second-order valence-corrected chi connectivity index (χ2v) is 3.82. The molecule has 0 saturated carbocycles. The number of aliphatic hydroxyl groups excluding tert-OH is 1. The lowest BCUT2D eigenvalue weighted by molar-refractivity contribution is -0.293. The molecule has 0 fully saturated rings. The van der Waals surface area contributed by atoms with Gasteiger partial charge in [0.25, 0.3) is 5.92 Å². The van der Waals surface area contributed by atoms with Crippen LogP contribution in [-0.4, -0.2) is 23.3 Å². The first-order valence-corrected chi connectivity index (χ1v) is 3.53. The van der Waals surface area contributed by atoms with Gasteiger partial charge in [0.2, 0.25) is 6.10 Å². The van der Waals surface area contributed by atoms with Crippen LogP contribution in [0.4, 0.5) is 22.0 Å². The first kappa shape index (κ1) is 12.6. The summed E-state index contributed by atoms with van der Waals surface area (Å²) in [5.74, 6) is -4.19. The Balaban J connectivity index is 4.86. The Morgan fingerprint density at radius 1 is 0.923 bits per heavy atom. The van der Waals surface area contributed by atoms with Crippen molar-refractivity contribution in [3.05, 3.63) is 0 Å². The summed E-state index contributed by atoms with van der Waals surface area (Å²) < 4.78 is 60.9. The van der Waals surface area contributed by atoms with E-state index in [0.717, 1.165) is 20.8 Å². The third-order valence-electron chi connectivity index (χ3n) is 1.65. The van der Waals surface area contributed by atoms with Crippen molar-refractivity contribution in [3.8, 4) is 0 Å². The van der Waals surface area contributed by atoms with Crippen molar-refractivity contribution in [1.82, 2.24) is 0 Å². The summed E-state index contributed by atoms with van der Waals surface area (Å²) in [5.41, 5.74) is -1.93. The normalized spacial score (nSPS) is 17.3. The zero-order valence-corrected chi connectivity index (χ0v) is 7.41. The van der Waals surface area contributed by atoms with E-state index in [9.17, 15) is 22.0 Å². The summed E-state index contributed by atoms with van der Waals surface area (Å²) in [5, 5.41) is 8.37. The summed E-state index contributed by atoms with van der Waals surface area (Å²) >= 11 is 0. The van der Waals surface area contributed by atoms with Crippen molar-refractivity contribution >= 4 is 0 Å². The molecule has 0 aliphatic carbocycles. The second kappa shape index (κ2) is 3.08. The van der Waals surface area contributed by atoms with Gasteiger partial charge < -0.3 is 5.11 Å². The number of hydrogen-bond donors (Lipinski definition) is 1. The smallest absolute Gasteiger partial charge is 0.379 e. The monoisotopic (exact) mass is 206 g/mol. The molecule has 1 atom stereocenters. The van der Waals surface area contributed by atoms with Crippen molar-refractivity contribution in [2.24, 2.45) is 5.41 Å². The fraction of sp³-hybridized carbons (Fsp3) is 1.00. The summed E-state index contributed by atoms with van der Waals surface area (Å²) in [6.07, 6.45) is -8.91. The fourth-order valence-electron chi connectivity index (χ4n) is 0.616. The lowest BCUT2D eigenvalue weighted by Gasteiger charge is -2.34. The minimum Gasteiger partial charge on any atom is -0.379 e. The molecule has 1 unspecified atom stereocenters. The molecule has 0 aliphatic heterocycles. The maximum Gasteiger partial charge on any atom is 0.420 e. The molecule has 1 N–H and O–H groups in total. The summed E-state index contributed by atoms with van der Waals surface area (Å²) in [4.78, 5) is 0. The number of hydrogen-bond acceptors (Lipinski definition) is 1. The first-order chi connectivity index (χ1) is 5.40. The molecule has 0 aromatic heterocycles. The molecule has 1 nitrogen and oxygen atoms in total. The molecule has 13 heavy (non-hydrogen) atoms. The van der Waals surface area contributed by atoms with Gasteiger partial charge >= 0.3 is 6.18 Å². The maximum atomic E-state index is 12.9. The number of halogens is 5. The zero-order chi connectivity index (χ0) is 11.1. The predicted molar refractivity (Wildman–Crippen MR) is 36.5 cm³/mol. The average Bonchev–Trinajstić information content (AvgIpc) is 1.81. The van der Waals surface area contributed by atoms with Crippen LogP contribution in [0.25, 0.3) is 0 Å². The maximum absolute atomic E-state index is 12.9. The van der Waals surface area contributed by atoms with Gasteiger partial charge in [-0.25, -0.2) is 8.78 Å². The molecular formula is C7H11F5O. The Kier molecular flexibility index (Phi) is 2.98. The molecule has 0 radical (unpaired) electrons. The van der Waals surface area contributed by atoms with Gasteiger partial charge in [-0.2, -0.15) is 13.2 Å². The molecular weight excluding hydrogens is 195 g/mol. The van der Waals surface area contributed by atoms with E-state index < -0.39 is 23.6 Å². The quantitative estimate of drug-likeness (QED) is 0.654. The minimum absolute atomic E-state index is 0.933. The van der Waals surface area contributed by atoms with Gasteiger partial charge in [-0.15, -0.1) is 0 Å². The van der Waals surface area contributed by atoms with Crippen LogP contribution in [-0.2, 0) is 0 Å². The Hall–Kier alpha value is -0.390. The van der Waals surface area contributed by atoms with E-state index in [2.05, 4.69) is 0 Å². The van der Waals surface area contributed by atoms with E-state index in [1.54, 1.807) is 0 Å². The third kappa shape index (κ3) is 2.52. The van der Waals surface area contributed by atoms with Crippen LogP contribution in [0.15, 0.2) is 0 Å². The van der Waals surface area contributed by atoms with Gasteiger partial charge in [0.05, 0.1) is 0 Å². The van der Waals surface area contributed by atoms with Crippen molar-refractivity contribution in [1.29, 1.82) is 0 Å². The molecule has 0 spiro atoms. The van der Waals surface area contributed by atoms with E-state index in [0.29, 0.717) is 0 Å². The SMILES string of the molecule is CC(C)(C)C(F)(F)C(O)C(F)(F)F. The Morgan fingerprint density at radius 2 is 1.23 bits per heavy atom.